The van der Waals surface area contributed by atoms with Gasteiger partial charge in [0.1, 0.15) is 0 Å². The van der Waals surface area contributed by atoms with Crippen molar-refractivity contribution in [2.45, 2.75) is 19.3 Å². The van der Waals surface area contributed by atoms with Gasteiger partial charge < -0.3 is 10.7 Å². The average Bonchev–Trinajstić information content (AvgIpc) is 1.93. The predicted molar refractivity (Wildman–Crippen MR) is 35.8 cm³/mol. The van der Waals surface area contributed by atoms with Crippen LogP contribution in [0.1, 0.15) is 19.3 Å². The zero-order valence-electron chi connectivity index (χ0n) is 5.39. The highest BCUT2D eigenvalue weighted by molar-refractivity contribution is 5.36. The Hall–Kier alpha value is -0.660. The minimum Gasteiger partial charge on any atom is -0.724 e. The molecular weight excluding hydrogens is 116 g/mol. The molecule has 1 heterocycles. The number of hydrogen-bond donors (Lipinski definition) is 1. The number of hydrogen-bond acceptors (Lipinski definition) is 2. The number of nitrogens with zero attached hydrogens (tertiary/aromatic N) is 1. The average molecular weight is 127 g/mol. The van der Waals surface area contributed by atoms with Crippen LogP contribution in [0, 0.1) is 0 Å². The molecule has 3 heteroatoms. The molecule has 52 valence electrons. The molecule has 0 aromatic carbocycles. The van der Waals surface area contributed by atoms with Crippen molar-refractivity contribution in [3.05, 3.63) is 5.41 Å². The van der Waals surface area contributed by atoms with E-state index in [2.05, 4.69) is 5.32 Å². The van der Waals surface area contributed by atoms with E-state index >= 15 is 0 Å². The summed E-state index contributed by atoms with van der Waals surface area (Å²) in [5.74, 6) is 0. The monoisotopic (exact) mass is 127 g/mol. The molecule has 1 N–H and O–H groups in total. The van der Waals surface area contributed by atoms with E-state index in [4.69, 9.17) is 10.2 Å². The Balaban J connectivity index is 0.000000187. The smallest absolute Gasteiger partial charge is 0.00489 e. The number of piperidine rings is 1. The van der Waals surface area contributed by atoms with Crippen LogP contribution in [-0.4, -0.2) is 19.2 Å². The van der Waals surface area contributed by atoms with Crippen LogP contribution in [0.3, 0.4) is 0 Å². The fraction of sp³-hybridized carbons (Fsp3) is 0.833. The Morgan fingerprint density at radius 1 is 1.22 bits per heavy atom. The van der Waals surface area contributed by atoms with Crippen LogP contribution in [0.15, 0.2) is 0 Å². The van der Waals surface area contributed by atoms with E-state index in [9.17, 15) is 0 Å². The molecule has 1 aliphatic heterocycles. The van der Waals surface area contributed by atoms with Gasteiger partial charge in [0, 0.05) is 0 Å². The summed E-state index contributed by atoms with van der Waals surface area (Å²) in [4.78, 5) is 8.24. The van der Waals surface area contributed by atoms with Crippen LogP contribution in [0.5, 0.6) is 0 Å². The molecule has 0 amide bonds. The second-order valence-corrected chi connectivity index (χ2v) is 1.90. The first-order chi connectivity index (χ1) is 4.41. The molecule has 1 aliphatic rings. The van der Waals surface area contributed by atoms with E-state index < -0.39 is 0 Å². The van der Waals surface area contributed by atoms with Crippen LogP contribution >= 0.6 is 0 Å². The fourth-order valence-corrected chi connectivity index (χ4v) is 0.802. The van der Waals surface area contributed by atoms with Gasteiger partial charge in [0.25, 0.3) is 0 Å². The van der Waals surface area contributed by atoms with E-state index in [1.807, 2.05) is 0 Å². The summed E-state index contributed by atoms with van der Waals surface area (Å²) in [6, 6.07) is 0. The summed E-state index contributed by atoms with van der Waals surface area (Å²) < 4.78 is 0. The van der Waals surface area contributed by atoms with Crippen LogP contribution in [-0.2, 0) is 4.79 Å². The van der Waals surface area contributed by atoms with Crippen LogP contribution in [0.2, 0.25) is 0 Å². The molecule has 1 fully saturated rings. The molecule has 0 aromatic heterocycles. The molecule has 0 aromatic rings. The minimum atomic E-state index is 0.500. The van der Waals surface area contributed by atoms with Crippen molar-refractivity contribution in [2.75, 3.05) is 13.1 Å². The van der Waals surface area contributed by atoms with Gasteiger partial charge in [0.2, 0.25) is 0 Å². The van der Waals surface area contributed by atoms with Gasteiger partial charge in [-0.3, -0.25) is 4.79 Å². The van der Waals surface area contributed by atoms with E-state index in [1.165, 1.54) is 32.4 Å². The summed E-state index contributed by atoms with van der Waals surface area (Å²) in [7, 11) is 0. The summed E-state index contributed by atoms with van der Waals surface area (Å²) in [5.41, 5.74) is 0. The van der Waals surface area contributed by atoms with Gasteiger partial charge in [-0.1, -0.05) is 6.42 Å². The maximum atomic E-state index is 8.24. The zero-order valence-corrected chi connectivity index (χ0v) is 5.39. The molecule has 1 rings (SSSR count). The number of rotatable bonds is 0. The fourth-order valence-electron chi connectivity index (χ4n) is 0.802. The second kappa shape index (κ2) is 7.34. The van der Waals surface area contributed by atoms with Crippen molar-refractivity contribution in [1.29, 1.82) is 0 Å². The van der Waals surface area contributed by atoms with Gasteiger partial charge >= 0.3 is 0 Å². The number of nitrogens with one attached hydrogen (secondary N) is 1. The van der Waals surface area contributed by atoms with Crippen molar-refractivity contribution in [3.8, 4) is 0 Å². The first-order valence-electron chi connectivity index (χ1n) is 3.13. The van der Waals surface area contributed by atoms with Crippen LogP contribution in [0.4, 0.5) is 0 Å². The third-order valence-corrected chi connectivity index (χ3v) is 1.21. The van der Waals surface area contributed by atoms with Gasteiger partial charge in [0.05, 0.1) is 0 Å². The molecule has 0 atom stereocenters. The molecule has 0 saturated carbocycles. The largest absolute Gasteiger partial charge is 0.724 e. The third-order valence-electron chi connectivity index (χ3n) is 1.21. The Labute approximate surface area is 55.0 Å². The third kappa shape index (κ3) is 7.34. The van der Waals surface area contributed by atoms with Gasteiger partial charge in [-0.2, -0.15) is 0 Å². The van der Waals surface area contributed by atoms with Crippen LogP contribution in [0.25, 0.3) is 5.41 Å². The van der Waals surface area contributed by atoms with Crippen LogP contribution < -0.4 is 5.32 Å². The number of carbonyl (C=O) groups excluding carboxylic acids is 1. The first-order valence-corrected chi connectivity index (χ1v) is 3.13. The van der Waals surface area contributed by atoms with Gasteiger partial charge in [-0.15, -0.1) is 0 Å². The molecule has 9 heavy (non-hydrogen) atoms. The molecule has 0 spiro atoms. The summed E-state index contributed by atoms with van der Waals surface area (Å²) in [5, 5.41) is 10.0. The van der Waals surface area contributed by atoms with Crippen molar-refractivity contribution in [1.82, 2.24) is 5.32 Å². The molecule has 0 bridgehead atoms. The maximum Gasteiger partial charge on any atom is -0.00489 e. The predicted octanol–water partition coefficient (Wildman–Crippen LogP) is 0.651. The van der Waals surface area contributed by atoms with Crippen molar-refractivity contribution in [2.24, 2.45) is 0 Å². The Morgan fingerprint density at radius 2 is 1.67 bits per heavy atom. The lowest BCUT2D eigenvalue weighted by atomic mass is 10.2. The van der Waals surface area contributed by atoms with Gasteiger partial charge in [-0.05, 0) is 32.0 Å². The molecule has 0 radical (unpaired) electrons. The normalized spacial score (nSPS) is 16.9. The van der Waals surface area contributed by atoms with E-state index in [-0.39, 0.29) is 0 Å². The SMILES string of the molecule is C1CCNCC1.[N-]=C=O. The van der Waals surface area contributed by atoms with E-state index in [0.29, 0.717) is 6.08 Å². The highest BCUT2D eigenvalue weighted by Crippen LogP contribution is 1.96. The lowest BCUT2D eigenvalue weighted by molar-refractivity contribution is 0.520. The lowest BCUT2D eigenvalue weighted by Crippen LogP contribution is -2.21. The minimum absolute atomic E-state index is 0.500. The first kappa shape index (κ1) is 8.34. The molecule has 0 unspecified atom stereocenters. The van der Waals surface area contributed by atoms with Crippen molar-refractivity contribution in [3.63, 3.8) is 0 Å². The highest BCUT2D eigenvalue weighted by atomic mass is 16.1. The molecule has 3 nitrogen and oxygen atoms in total. The zero-order chi connectivity index (χ0) is 6.95. The molecule has 1 saturated heterocycles. The summed E-state index contributed by atoms with van der Waals surface area (Å²) >= 11 is 0. The lowest BCUT2D eigenvalue weighted by Gasteiger charge is -2.08. The standard InChI is InChI=1S/C5H11N.CNO/c1-2-4-6-5-3-1;2-1-3/h6H,1-5H2;/q;-1. The Bertz CT molecular complexity index is 71.5. The quantitative estimate of drug-likeness (QED) is 0.383. The topological polar surface area (TPSA) is 51.4 Å². The summed E-state index contributed by atoms with van der Waals surface area (Å²) in [6.07, 6.45) is 4.72. The summed E-state index contributed by atoms with van der Waals surface area (Å²) in [6.45, 7) is 2.50. The Kier molecular flexibility index (Phi) is 6.80. The Morgan fingerprint density at radius 3 is 1.78 bits per heavy atom. The number of isocyanates is 1. The molecule has 0 aliphatic carbocycles. The van der Waals surface area contributed by atoms with E-state index in [0.717, 1.165) is 0 Å². The van der Waals surface area contributed by atoms with Gasteiger partial charge in [-0.25, -0.2) is 0 Å². The van der Waals surface area contributed by atoms with Gasteiger partial charge in [0.15, 0.2) is 0 Å². The second-order valence-electron chi connectivity index (χ2n) is 1.90. The van der Waals surface area contributed by atoms with E-state index in [1.54, 1.807) is 0 Å². The molecular formula is C6H11N2O-. The highest BCUT2D eigenvalue weighted by Gasteiger charge is 1.93. The maximum absolute atomic E-state index is 8.24. The van der Waals surface area contributed by atoms with Crippen molar-refractivity contribution >= 4 is 6.08 Å². The van der Waals surface area contributed by atoms with Crippen molar-refractivity contribution < 1.29 is 4.79 Å².